The maximum absolute atomic E-state index is 5.68. The summed E-state index contributed by atoms with van der Waals surface area (Å²) in [6, 6.07) is 0.273. The third-order valence-electron chi connectivity index (χ3n) is 2.61. The van der Waals surface area contributed by atoms with Crippen LogP contribution in [0.15, 0.2) is 12.7 Å². The van der Waals surface area contributed by atoms with Crippen molar-refractivity contribution < 1.29 is 4.74 Å². The number of hydrogen-bond acceptors (Lipinski definition) is 3. The molecule has 0 aromatic carbocycles. The van der Waals surface area contributed by atoms with Crippen LogP contribution in [0.2, 0.25) is 0 Å². The van der Waals surface area contributed by atoms with Gasteiger partial charge in [-0.2, -0.15) is 0 Å². The molecule has 1 N–H and O–H groups in total. The average molecular weight is 184 g/mol. The molecule has 1 rings (SSSR count). The first-order valence-electron chi connectivity index (χ1n) is 4.95. The van der Waals surface area contributed by atoms with E-state index in [1.165, 1.54) is 0 Å². The molecule has 0 aliphatic carbocycles. The molecule has 0 bridgehead atoms. The van der Waals surface area contributed by atoms with Crippen molar-refractivity contribution in [3.63, 3.8) is 0 Å². The van der Waals surface area contributed by atoms with Gasteiger partial charge in [-0.1, -0.05) is 13.0 Å². The van der Waals surface area contributed by atoms with Crippen LogP contribution in [-0.2, 0) is 4.74 Å². The Morgan fingerprint density at radius 1 is 1.77 bits per heavy atom. The van der Waals surface area contributed by atoms with Gasteiger partial charge in [0.1, 0.15) is 0 Å². The van der Waals surface area contributed by atoms with Gasteiger partial charge in [0.15, 0.2) is 0 Å². The summed E-state index contributed by atoms with van der Waals surface area (Å²) >= 11 is 0. The van der Waals surface area contributed by atoms with E-state index in [1.54, 1.807) is 0 Å². The van der Waals surface area contributed by atoms with Gasteiger partial charge in [-0.3, -0.25) is 4.90 Å². The number of morpholine rings is 1. The smallest absolute Gasteiger partial charge is 0.0890 e. The maximum atomic E-state index is 5.68. The van der Waals surface area contributed by atoms with Gasteiger partial charge in [-0.15, -0.1) is 6.58 Å². The minimum atomic E-state index is 0.260. The minimum absolute atomic E-state index is 0.260. The first kappa shape index (κ1) is 10.7. The van der Waals surface area contributed by atoms with Crippen molar-refractivity contribution in [2.75, 3.05) is 33.3 Å². The number of ether oxygens (including phenoxy) is 1. The fourth-order valence-corrected chi connectivity index (χ4v) is 1.69. The van der Waals surface area contributed by atoms with Crippen LogP contribution >= 0.6 is 0 Å². The Hall–Kier alpha value is -0.380. The van der Waals surface area contributed by atoms with Gasteiger partial charge < -0.3 is 10.1 Å². The van der Waals surface area contributed by atoms with E-state index in [-0.39, 0.29) is 12.1 Å². The third-order valence-corrected chi connectivity index (χ3v) is 2.61. The number of hydrogen-bond donors (Lipinski definition) is 1. The molecular weight excluding hydrogens is 164 g/mol. The summed E-state index contributed by atoms with van der Waals surface area (Å²) in [5.41, 5.74) is 0. The third kappa shape index (κ3) is 2.79. The monoisotopic (exact) mass is 184 g/mol. The van der Waals surface area contributed by atoms with Crippen molar-refractivity contribution >= 4 is 0 Å². The van der Waals surface area contributed by atoms with E-state index in [0.717, 1.165) is 26.2 Å². The average Bonchev–Trinajstić information content (AvgIpc) is 2.20. The summed E-state index contributed by atoms with van der Waals surface area (Å²) in [5, 5.41) is 3.20. The van der Waals surface area contributed by atoms with Crippen LogP contribution in [0.25, 0.3) is 0 Å². The van der Waals surface area contributed by atoms with Gasteiger partial charge in [0, 0.05) is 13.1 Å². The largest absolute Gasteiger partial charge is 0.374 e. The highest BCUT2D eigenvalue weighted by Crippen LogP contribution is 2.08. The highest BCUT2D eigenvalue weighted by molar-refractivity contribution is 4.93. The summed E-state index contributed by atoms with van der Waals surface area (Å²) < 4.78 is 5.68. The first-order valence-corrected chi connectivity index (χ1v) is 4.95. The Bertz CT molecular complexity index is 161. The molecule has 1 saturated heterocycles. The van der Waals surface area contributed by atoms with Crippen LogP contribution in [-0.4, -0.2) is 50.3 Å². The Morgan fingerprint density at radius 2 is 2.54 bits per heavy atom. The molecule has 0 radical (unpaired) electrons. The molecule has 1 aliphatic heterocycles. The molecule has 0 saturated carbocycles. The number of nitrogens with zero attached hydrogens (tertiary/aromatic N) is 1. The highest BCUT2D eigenvalue weighted by atomic mass is 16.5. The molecule has 0 spiro atoms. The van der Waals surface area contributed by atoms with E-state index in [9.17, 15) is 0 Å². The molecule has 2 atom stereocenters. The van der Waals surface area contributed by atoms with Crippen LogP contribution in [0.3, 0.4) is 0 Å². The molecule has 0 aromatic rings. The molecule has 13 heavy (non-hydrogen) atoms. The van der Waals surface area contributed by atoms with Gasteiger partial charge >= 0.3 is 0 Å². The van der Waals surface area contributed by atoms with E-state index in [1.807, 2.05) is 13.1 Å². The second kappa shape index (κ2) is 5.37. The Morgan fingerprint density at radius 3 is 3.08 bits per heavy atom. The van der Waals surface area contributed by atoms with E-state index in [4.69, 9.17) is 4.74 Å². The molecule has 0 aromatic heterocycles. The molecule has 0 amide bonds. The van der Waals surface area contributed by atoms with Crippen molar-refractivity contribution in [2.24, 2.45) is 0 Å². The fraction of sp³-hybridized carbons (Fsp3) is 0.800. The summed E-state index contributed by atoms with van der Waals surface area (Å²) in [6.07, 6.45) is 2.18. The van der Waals surface area contributed by atoms with E-state index >= 15 is 0 Å². The summed E-state index contributed by atoms with van der Waals surface area (Å²) in [6.45, 7) is 9.99. The van der Waals surface area contributed by atoms with Crippen LogP contribution in [0.4, 0.5) is 0 Å². The standard InChI is InChI=1S/C10H20N2O/c1-4-9(11-3)10-8-12(5-2)6-7-13-10/h4,9-11H,1,5-8H2,2-3H3. The van der Waals surface area contributed by atoms with Crippen molar-refractivity contribution in [3.05, 3.63) is 12.7 Å². The van der Waals surface area contributed by atoms with E-state index in [2.05, 4.69) is 23.7 Å². The maximum Gasteiger partial charge on any atom is 0.0890 e. The number of nitrogens with one attached hydrogen (secondary N) is 1. The normalized spacial score (nSPS) is 27.1. The minimum Gasteiger partial charge on any atom is -0.374 e. The van der Waals surface area contributed by atoms with Crippen LogP contribution < -0.4 is 5.32 Å². The topological polar surface area (TPSA) is 24.5 Å². The van der Waals surface area contributed by atoms with Gasteiger partial charge in [0.25, 0.3) is 0 Å². The Kier molecular flexibility index (Phi) is 4.42. The summed E-state index contributed by atoms with van der Waals surface area (Å²) in [4.78, 5) is 2.40. The fourth-order valence-electron chi connectivity index (χ4n) is 1.69. The quantitative estimate of drug-likeness (QED) is 0.643. The second-order valence-corrected chi connectivity index (χ2v) is 3.35. The molecule has 76 valence electrons. The molecule has 1 aliphatic rings. The van der Waals surface area contributed by atoms with Gasteiger partial charge in [0.05, 0.1) is 18.8 Å². The predicted molar refractivity (Wildman–Crippen MR) is 54.9 cm³/mol. The zero-order valence-corrected chi connectivity index (χ0v) is 8.62. The van der Waals surface area contributed by atoms with Crippen LogP contribution in [0.1, 0.15) is 6.92 Å². The summed E-state index contributed by atoms with van der Waals surface area (Å²) in [5.74, 6) is 0. The molecule has 3 nitrogen and oxygen atoms in total. The van der Waals surface area contributed by atoms with Crippen LogP contribution in [0, 0.1) is 0 Å². The van der Waals surface area contributed by atoms with Gasteiger partial charge in [0.2, 0.25) is 0 Å². The molecule has 3 heteroatoms. The van der Waals surface area contributed by atoms with Crippen LogP contribution in [0.5, 0.6) is 0 Å². The number of rotatable bonds is 4. The summed E-state index contributed by atoms with van der Waals surface area (Å²) in [7, 11) is 1.95. The molecule has 1 fully saturated rings. The highest BCUT2D eigenvalue weighted by Gasteiger charge is 2.24. The lowest BCUT2D eigenvalue weighted by atomic mass is 10.1. The number of likely N-dealkylation sites (N-methyl/N-ethyl adjacent to an activating group) is 2. The van der Waals surface area contributed by atoms with E-state index in [0.29, 0.717) is 0 Å². The lowest BCUT2D eigenvalue weighted by Gasteiger charge is -2.35. The van der Waals surface area contributed by atoms with Gasteiger partial charge in [-0.25, -0.2) is 0 Å². The zero-order valence-electron chi connectivity index (χ0n) is 8.62. The molecular formula is C10H20N2O. The Balaban J connectivity index is 2.44. The van der Waals surface area contributed by atoms with Gasteiger partial charge in [-0.05, 0) is 13.6 Å². The first-order chi connectivity index (χ1) is 6.31. The Labute approximate surface area is 80.8 Å². The van der Waals surface area contributed by atoms with Crippen molar-refractivity contribution in [1.82, 2.24) is 10.2 Å². The van der Waals surface area contributed by atoms with Crippen molar-refractivity contribution in [3.8, 4) is 0 Å². The lowest BCUT2D eigenvalue weighted by molar-refractivity contribution is -0.0360. The van der Waals surface area contributed by atoms with E-state index < -0.39 is 0 Å². The molecule has 1 heterocycles. The second-order valence-electron chi connectivity index (χ2n) is 3.35. The molecule has 2 unspecified atom stereocenters. The lowest BCUT2D eigenvalue weighted by Crippen LogP contribution is -2.50. The van der Waals surface area contributed by atoms with Crippen molar-refractivity contribution in [2.45, 2.75) is 19.1 Å². The van der Waals surface area contributed by atoms with Crippen molar-refractivity contribution in [1.29, 1.82) is 0 Å². The zero-order chi connectivity index (χ0) is 9.68. The SMILES string of the molecule is C=CC(NC)C1CN(CC)CCO1. The predicted octanol–water partition coefficient (Wildman–Crippen LogP) is 0.481.